The number of fused-ring (bicyclic) bond motifs is 1. The standard InChI is InChI=1S/C17H23NO5/c1-20-14-7-16-15(21-11-22-16)6-12(14)9-18-4-2-17(3-5-18)8-13(19)10-23-17/h6-7,13,19H,2-5,8-11H2,1H3/t13-/m1/s1. The Morgan fingerprint density at radius 2 is 2.00 bits per heavy atom. The lowest BCUT2D eigenvalue weighted by Gasteiger charge is -2.38. The monoisotopic (exact) mass is 321 g/mol. The zero-order valence-corrected chi connectivity index (χ0v) is 13.4. The highest BCUT2D eigenvalue weighted by Crippen LogP contribution is 2.40. The van der Waals surface area contributed by atoms with Crippen LogP contribution in [0.5, 0.6) is 17.2 Å². The number of piperidine rings is 1. The molecule has 2 fully saturated rings. The van der Waals surface area contributed by atoms with Crippen molar-refractivity contribution >= 4 is 0 Å². The SMILES string of the molecule is COc1cc2c(cc1CN1CCC3(CC1)C[C@@H](O)CO3)OCO2. The van der Waals surface area contributed by atoms with Gasteiger partial charge >= 0.3 is 0 Å². The zero-order chi connectivity index (χ0) is 15.9. The Hall–Kier alpha value is -1.50. The average molecular weight is 321 g/mol. The average Bonchev–Trinajstić information content (AvgIpc) is 3.15. The van der Waals surface area contributed by atoms with Crippen molar-refractivity contribution in [2.45, 2.75) is 37.5 Å². The molecule has 4 rings (SSSR count). The number of ether oxygens (including phenoxy) is 4. The maximum absolute atomic E-state index is 9.72. The number of methoxy groups -OCH3 is 1. The maximum Gasteiger partial charge on any atom is 0.231 e. The summed E-state index contributed by atoms with van der Waals surface area (Å²) in [5.41, 5.74) is 1.01. The number of hydrogen-bond acceptors (Lipinski definition) is 6. The molecular weight excluding hydrogens is 298 g/mol. The molecule has 1 N–H and O–H groups in total. The molecule has 3 aliphatic heterocycles. The molecule has 1 aromatic carbocycles. The number of hydrogen-bond donors (Lipinski definition) is 1. The first-order valence-electron chi connectivity index (χ1n) is 8.18. The molecule has 0 bridgehead atoms. The molecule has 0 aliphatic carbocycles. The highest BCUT2D eigenvalue weighted by molar-refractivity contribution is 5.51. The van der Waals surface area contributed by atoms with E-state index in [0.29, 0.717) is 6.61 Å². The third kappa shape index (κ3) is 2.86. The van der Waals surface area contributed by atoms with Crippen LogP contribution < -0.4 is 14.2 Å². The van der Waals surface area contributed by atoms with E-state index in [0.717, 1.165) is 61.7 Å². The van der Waals surface area contributed by atoms with Crippen LogP contribution in [0.15, 0.2) is 12.1 Å². The molecule has 23 heavy (non-hydrogen) atoms. The minimum absolute atomic E-state index is 0.102. The van der Waals surface area contributed by atoms with Crippen molar-refractivity contribution in [1.29, 1.82) is 0 Å². The lowest BCUT2D eigenvalue weighted by atomic mass is 9.88. The third-order valence-electron chi connectivity index (χ3n) is 5.13. The van der Waals surface area contributed by atoms with Crippen LogP contribution in [0.3, 0.4) is 0 Å². The summed E-state index contributed by atoms with van der Waals surface area (Å²) in [5.74, 6) is 2.37. The second-order valence-electron chi connectivity index (χ2n) is 6.65. The van der Waals surface area contributed by atoms with Gasteiger partial charge < -0.3 is 24.1 Å². The van der Waals surface area contributed by atoms with Gasteiger partial charge in [-0.3, -0.25) is 4.90 Å². The molecular formula is C17H23NO5. The summed E-state index contributed by atoms with van der Waals surface area (Å²) in [6.07, 6.45) is 2.41. The number of benzene rings is 1. The molecule has 126 valence electrons. The molecule has 2 saturated heterocycles. The van der Waals surface area contributed by atoms with Crippen LogP contribution in [0.4, 0.5) is 0 Å². The Morgan fingerprint density at radius 3 is 2.65 bits per heavy atom. The Balaban J connectivity index is 1.43. The number of aliphatic hydroxyl groups is 1. The molecule has 3 heterocycles. The molecule has 6 heteroatoms. The van der Waals surface area contributed by atoms with E-state index in [9.17, 15) is 5.11 Å². The molecule has 0 radical (unpaired) electrons. The number of likely N-dealkylation sites (tertiary alicyclic amines) is 1. The van der Waals surface area contributed by atoms with Crippen molar-refractivity contribution in [3.8, 4) is 17.2 Å². The van der Waals surface area contributed by atoms with E-state index in [1.165, 1.54) is 0 Å². The van der Waals surface area contributed by atoms with Gasteiger partial charge in [0.1, 0.15) is 5.75 Å². The fraction of sp³-hybridized carbons (Fsp3) is 0.647. The summed E-state index contributed by atoms with van der Waals surface area (Å²) in [6.45, 7) is 3.50. The first-order chi connectivity index (χ1) is 11.2. The van der Waals surface area contributed by atoms with Gasteiger partial charge in [0.15, 0.2) is 11.5 Å². The molecule has 3 aliphatic rings. The topological polar surface area (TPSA) is 60.4 Å². The predicted molar refractivity (Wildman–Crippen MR) is 82.9 cm³/mol. The van der Waals surface area contributed by atoms with E-state index in [1.807, 2.05) is 12.1 Å². The Morgan fingerprint density at radius 1 is 1.26 bits per heavy atom. The first-order valence-corrected chi connectivity index (χ1v) is 8.18. The van der Waals surface area contributed by atoms with Crippen molar-refractivity contribution in [1.82, 2.24) is 4.90 Å². The summed E-state index contributed by atoms with van der Waals surface area (Å²) in [4.78, 5) is 2.40. The van der Waals surface area contributed by atoms with Gasteiger partial charge in [-0.15, -0.1) is 0 Å². The van der Waals surface area contributed by atoms with E-state index >= 15 is 0 Å². The van der Waals surface area contributed by atoms with Crippen LogP contribution in [-0.4, -0.2) is 55.3 Å². The molecule has 0 amide bonds. The van der Waals surface area contributed by atoms with Crippen LogP contribution in [0.25, 0.3) is 0 Å². The lowest BCUT2D eigenvalue weighted by molar-refractivity contribution is -0.0457. The van der Waals surface area contributed by atoms with Gasteiger partial charge in [-0.2, -0.15) is 0 Å². The lowest BCUT2D eigenvalue weighted by Crippen LogP contribution is -2.43. The van der Waals surface area contributed by atoms with Crippen LogP contribution in [-0.2, 0) is 11.3 Å². The predicted octanol–water partition coefficient (Wildman–Crippen LogP) is 1.54. The number of nitrogens with zero attached hydrogens (tertiary/aromatic N) is 1. The minimum Gasteiger partial charge on any atom is -0.496 e. The van der Waals surface area contributed by atoms with E-state index in [1.54, 1.807) is 7.11 Å². The summed E-state index contributed by atoms with van der Waals surface area (Å²) in [7, 11) is 1.68. The van der Waals surface area contributed by atoms with E-state index in [2.05, 4.69) is 4.90 Å². The van der Waals surface area contributed by atoms with Crippen molar-refractivity contribution in [3.63, 3.8) is 0 Å². The Kier molecular flexibility index (Phi) is 3.83. The van der Waals surface area contributed by atoms with Gasteiger partial charge in [0.05, 0.1) is 25.4 Å². The molecule has 1 aromatic rings. The largest absolute Gasteiger partial charge is 0.496 e. The summed E-state index contributed by atoms with van der Waals surface area (Å²) in [5, 5.41) is 9.72. The van der Waals surface area contributed by atoms with Gasteiger partial charge in [0.2, 0.25) is 6.79 Å². The molecule has 0 aromatic heterocycles. The van der Waals surface area contributed by atoms with Crippen LogP contribution in [0.1, 0.15) is 24.8 Å². The van der Waals surface area contributed by atoms with Crippen LogP contribution in [0, 0.1) is 0 Å². The molecule has 0 unspecified atom stereocenters. The molecule has 6 nitrogen and oxygen atoms in total. The Bertz CT molecular complexity index is 583. The molecule has 1 spiro atoms. The fourth-order valence-corrected chi connectivity index (χ4v) is 3.81. The number of rotatable bonds is 3. The summed E-state index contributed by atoms with van der Waals surface area (Å²) in [6, 6.07) is 3.92. The van der Waals surface area contributed by atoms with E-state index in [-0.39, 0.29) is 18.5 Å². The van der Waals surface area contributed by atoms with E-state index < -0.39 is 0 Å². The first kappa shape index (κ1) is 15.1. The van der Waals surface area contributed by atoms with Gasteiger partial charge in [-0.1, -0.05) is 0 Å². The van der Waals surface area contributed by atoms with Crippen molar-refractivity contribution in [2.75, 3.05) is 33.6 Å². The summed E-state index contributed by atoms with van der Waals surface area (Å²) >= 11 is 0. The van der Waals surface area contributed by atoms with Crippen molar-refractivity contribution < 1.29 is 24.1 Å². The van der Waals surface area contributed by atoms with Gasteiger partial charge in [0, 0.05) is 37.7 Å². The quantitative estimate of drug-likeness (QED) is 0.911. The maximum atomic E-state index is 9.72. The van der Waals surface area contributed by atoms with Crippen molar-refractivity contribution in [3.05, 3.63) is 17.7 Å². The Labute approximate surface area is 135 Å². The summed E-state index contributed by atoms with van der Waals surface area (Å²) < 4.78 is 22.2. The van der Waals surface area contributed by atoms with Gasteiger partial charge in [0.25, 0.3) is 0 Å². The van der Waals surface area contributed by atoms with E-state index in [4.69, 9.17) is 18.9 Å². The zero-order valence-electron chi connectivity index (χ0n) is 13.4. The van der Waals surface area contributed by atoms with Crippen LogP contribution in [0.2, 0.25) is 0 Å². The fourth-order valence-electron chi connectivity index (χ4n) is 3.81. The smallest absolute Gasteiger partial charge is 0.231 e. The normalized spacial score (nSPS) is 25.9. The molecule has 1 atom stereocenters. The minimum atomic E-state index is -0.296. The number of aliphatic hydroxyl groups excluding tert-OH is 1. The highest BCUT2D eigenvalue weighted by Gasteiger charge is 2.42. The van der Waals surface area contributed by atoms with Gasteiger partial charge in [-0.05, 0) is 18.9 Å². The molecule has 0 saturated carbocycles. The highest BCUT2D eigenvalue weighted by atomic mass is 16.7. The van der Waals surface area contributed by atoms with Gasteiger partial charge in [-0.25, -0.2) is 0 Å². The third-order valence-corrected chi connectivity index (χ3v) is 5.13. The van der Waals surface area contributed by atoms with Crippen molar-refractivity contribution in [2.24, 2.45) is 0 Å². The second-order valence-corrected chi connectivity index (χ2v) is 6.65. The van der Waals surface area contributed by atoms with Crippen LogP contribution >= 0.6 is 0 Å². The second kappa shape index (κ2) is 5.85.